The molecule has 0 heterocycles. The largest absolute Gasteiger partial charge is 0.356 e. The number of rotatable bonds is 6. The van der Waals surface area contributed by atoms with Crippen LogP contribution in [0.5, 0.6) is 0 Å². The van der Waals surface area contributed by atoms with E-state index in [-0.39, 0.29) is 5.91 Å². The van der Waals surface area contributed by atoms with Crippen molar-refractivity contribution in [1.29, 1.82) is 0 Å². The summed E-state index contributed by atoms with van der Waals surface area (Å²) in [4.78, 5) is 11.2. The molecule has 2 atom stereocenters. The van der Waals surface area contributed by atoms with Gasteiger partial charge in [-0.3, -0.25) is 4.79 Å². The van der Waals surface area contributed by atoms with Crippen molar-refractivity contribution in [3.8, 4) is 0 Å². The maximum atomic E-state index is 11.2. The molecule has 1 amide bonds. The summed E-state index contributed by atoms with van der Waals surface area (Å²) < 4.78 is 0. The van der Waals surface area contributed by atoms with Gasteiger partial charge in [-0.25, -0.2) is 0 Å². The van der Waals surface area contributed by atoms with Crippen molar-refractivity contribution in [1.82, 2.24) is 10.6 Å². The van der Waals surface area contributed by atoms with E-state index in [0.717, 1.165) is 19.0 Å². The van der Waals surface area contributed by atoms with Gasteiger partial charge in [0.15, 0.2) is 0 Å². The lowest BCUT2D eigenvalue weighted by molar-refractivity contribution is -0.120. The van der Waals surface area contributed by atoms with Crippen LogP contribution in [0, 0.1) is 5.92 Å². The van der Waals surface area contributed by atoms with Crippen molar-refractivity contribution >= 4 is 5.91 Å². The van der Waals surface area contributed by atoms with E-state index in [1.807, 2.05) is 6.92 Å². The van der Waals surface area contributed by atoms with Crippen LogP contribution in [0.1, 0.15) is 46.0 Å². The SMILES string of the molecule is CCNC(=O)CCNC1CCC(CC)C1. The van der Waals surface area contributed by atoms with Crippen molar-refractivity contribution in [2.75, 3.05) is 13.1 Å². The molecule has 1 fully saturated rings. The number of amides is 1. The Morgan fingerprint density at radius 3 is 2.73 bits per heavy atom. The first-order valence-corrected chi connectivity index (χ1v) is 6.26. The molecular weight excluding hydrogens is 188 g/mol. The van der Waals surface area contributed by atoms with Crippen LogP contribution in [0.3, 0.4) is 0 Å². The molecule has 2 N–H and O–H groups in total. The zero-order valence-electron chi connectivity index (χ0n) is 10.0. The summed E-state index contributed by atoms with van der Waals surface area (Å²) in [5.41, 5.74) is 0. The lowest BCUT2D eigenvalue weighted by atomic mass is 10.1. The van der Waals surface area contributed by atoms with E-state index in [2.05, 4.69) is 17.6 Å². The van der Waals surface area contributed by atoms with Crippen LogP contribution >= 0.6 is 0 Å². The third kappa shape index (κ3) is 4.65. The molecule has 0 aromatic carbocycles. The lowest BCUT2D eigenvalue weighted by Crippen LogP contribution is -2.32. The van der Waals surface area contributed by atoms with Gasteiger partial charge in [-0.2, -0.15) is 0 Å². The number of hydrogen-bond acceptors (Lipinski definition) is 2. The van der Waals surface area contributed by atoms with Crippen LogP contribution in [0.25, 0.3) is 0 Å². The first-order chi connectivity index (χ1) is 7.26. The highest BCUT2D eigenvalue weighted by Crippen LogP contribution is 2.27. The molecule has 2 unspecified atom stereocenters. The van der Waals surface area contributed by atoms with Crippen LogP contribution < -0.4 is 10.6 Å². The Morgan fingerprint density at radius 1 is 1.33 bits per heavy atom. The lowest BCUT2D eigenvalue weighted by Gasteiger charge is -2.12. The van der Waals surface area contributed by atoms with Gasteiger partial charge in [0.2, 0.25) is 5.91 Å². The predicted octanol–water partition coefficient (Wildman–Crippen LogP) is 1.68. The highest BCUT2D eigenvalue weighted by atomic mass is 16.1. The first-order valence-electron chi connectivity index (χ1n) is 6.26. The van der Waals surface area contributed by atoms with Crippen molar-refractivity contribution in [3.63, 3.8) is 0 Å². The van der Waals surface area contributed by atoms with Crippen LogP contribution in [0.15, 0.2) is 0 Å². The summed E-state index contributed by atoms with van der Waals surface area (Å²) in [5, 5.41) is 6.29. The van der Waals surface area contributed by atoms with Crippen LogP contribution in [-0.2, 0) is 4.79 Å². The highest BCUT2D eigenvalue weighted by Gasteiger charge is 2.22. The van der Waals surface area contributed by atoms with E-state index in [0.29, 0.717) is 12.5 Å². The fraction of sp³-hybridized carbons (Fsp3) is 0.917. The molecule has 0 aromatic heterocycles. The standard InChI is InChI=1S/C12H24N2O/c1-3-10-5-6-11(9-10)14-8-7-12(15)13-4-2/h10-11,14H,3-9H2,1-2H3,(H,13,15). The fourth-order valence-electron chi connectivity index (χ4n) is 2.31. The van der Waals surface area contributed by atoms with Crippen molar-refractivity contribution in [2.45, 2.75) is 52.0 Å². The highest BCUT2D eigenvalue weighted by molar-refractivity contribution is 5.75. The molecule has 88 valence electrons. The maximum Gasteiger partial charge on any atom is 0.221 e. The average molecular weight is 212 g/mol. The number of hydrogen-bond donors (Lipinski definition) is 2. The molecule has 0 saturated heterocycles. The Kier molecular flexibility index (Phi) is 5.69. The van der Waals surface area contributed by atoms with E-state index in [1.54, 1.807) is 0 Å². The monoisotopic (exact) mass is 212 g/mol. The Morgan fingerprint density at radius 2 is 2.13 bits per heavy atom. The van der Waals surface area contributed by atoms with Gasteiger partial charge in [-0.05, 0) is 32.1 Å². The third-order valence-electron chi connectivity index (χ3n) is 3.28. The fourth-order valence-corrected chi connectivity index (χ4v) is 2.31. The van der Waals surface area contributed by atoms with E-state index < -0.39 is 0 Å². The molecule has 1 saturated carbocycles. The summed E-state index contributed by atoms with van der Waals surface area (Å²) in [6.07, 6.45) is 5.85. The Bertz CT molecular complexity index is 194. The normalized spacial score (nSPS) is 25.5. The van der Waals surface area contributed by atoms with E-state index in [4.69, 9.17) is 0 Å². The molecule has 15 heavy (non-hydrogen) atoms. The van der Waals surface area contributed by atoms with Gasteiger partial charge in [-0.15, -0.1) is 0 Å². The van der Waals surface area contributed by atoms with E-state index in [1.165, 1.54) is 25.7 Å². The second kappa shape index (κ2) is 6.83. The van der Waals surface area contributed by atoms with Crippen LogP contribution in [-0.4, -0.2) is 25.0 Å². The van der Waals surface area contributed by atoms with Crippen molar-refractivity contribution in [2.24, 2.45) is 5.92 Å². The third-order valence-corrected chi connectivity index (χ3v) is 3.28. The maximum absolute atomic E-state index is 11.2. The van der Waals surface area contributed by atoms with E-state index >= 15 is 0 Å². The molecule has 0 aliphatic heterocycles. The minimum atomic E-state index is 0.162. The summed E-state index contributed by atoms with van der Waals surface area (Å²) in [7, 11) is 0. The second-order valence-electron chi connectivity index (χ2n) is 4.44. The van der Waals surface area contributed by atoms with Crippen LogP contribution in [0.4, 0.5) is 0 Å². The summed E-state index contributed by atoms with van der Waals surface area (Å²) in [6.45, 7) is 5.78. The van der Waals surface area contributed by atoms with Gasteiger partial charge in [0.25, 0.3) is 0 Å². The minimum Gasteiger partial charge on any atom is -0.356 e. The Hall–Kier alpha value is -0.570. The Balaban J connectivity index is 2.03. The molecule has 1 rings (SSSR count). The summed E-state index contributed by atoms with van der Waals surface area (Å²) >= 11 is 0. The molecule has 0 bridgehead atoms. The zero-order chi connectivity index (χ0) is 11.1. The number of carbonyl (C=O) groups is 1. The molecule has 1 aliphatic carbocycles. The molecule has 0 radical (unpaired) electrons. The van der Waals surface area contributed by atoms with E-state index in [9.17, 15) is 4.79 Å². The molecule has 3 nitrogen and oxygen atoms in total. The Labute approximate surface area is 93.0 Å². The van der Waals surface area contributed by atoms with Crippen molar-refractivity contribution in [3.05, 3.63) is 0 Å². The predicted molar refractivity (Wildman–Crippen MR) is 62.7 cm³/mol. The topological polar surface area (TPSA) is 41.1 Å². The minimum absolute atomic E-state index is 0.162. The van der Waals surface area contributed by atoms with Gasteiger partial charge in [0.1, 0.15) is 0 Å². The molecule has 0 spiro atoms. The molecule has 3 heteroatoms. The van der Waals surface area contributed by atoms with Gasteiger partial charge in [0.05, 0.1) is 0 Å². The molecular formula is C12H24N2O. The van der Waals surface area contributed by atoms with Gasteiger partial charge < -0.3 is 10.6 Å². The second-order valence-corrected chi connectivity index (χ2v) is 4.44. The number of nitrogens with one attached hydrogen (secondary N) is 2. The molecule has 1 aliphatic rings. The van der Waals surface area contributed by atoms with Gasteiger partial charge in [0, 0.05) is 25.6 Å². The van der Waals surface area contributed by atoms with Gasteiger partial charge >= 0.3 is 0 Å². The summed E-state index contributed by atoms with van der Waals surface area (Å²) in [5.74, 6) is 1.07. The smallest absolute Gasteiger partial charge is 0.221 e. The number of carbonyl (C=O) groups excluding carboxylic acids is 1. The summed E-state index contributed by atoms with van der Waals surface area (Å²) in [6, 6.07) is 0.657. The average Bonchev–Trinajstić information content (AvgIpc) is 2.66. The quantitative estimate of drug-likeness (QED) is 0.703. The van der Waals surface area contributed by atoms with Crippen molar-refractivity contribution < 1.29 is 4.79 Å². The van der Waals surface area contributed by atoms with Crippen LogP contribution in [0.2, 0.25) is 0 Å². The molecule has 0 aromatic rings. The first kappa shape index (κ1) is 12.5. The zero-order valence-corrected chi connectivity index (χ0v) is 10.0. The van der Waals surface area contributed by atoms with Gasteiger partial charge in [-0.1, -0.05) is 13.3 Å².